The average Bonchev–Trinajstić information content (AvgIpc) is 2.42. The molecule has 1 aliphatic carbocycles. The van der Waals surface area contributed by atoms with E-state index >= 15 is 0 Å². The van der Waals surface area contributed by atoms with Crippen LogP contribution in [0.5, 0.6) is 0 Å². The lowest BCUT2D eigenvalue weighted by Crippen LogP contribution is -2.37. The predicted octanol–water partition coefficient (Wildman–Crippen LogP) is 4.43. The van der Waals surface area contributed by atoms with E-state index in [0.717, 1.165) is 23.9 Å². The first kappa shape index (κ1) is 13.9. The molecule has 2 unspecified atom stereocenters. The first-order chi connectivity index (χ1) is 8.69. The van der Waals surface area contributed by atoms with E-state index in [1.54, 1.807) is 0 Å². The van der Waals surface area contributed by atoms with Crippen molar-refractivity contribution in [1.82, 2.24) is 0 Å². The van der Waals surface area contributed by atoms with Crippen molar-refractivity contribution in [2.45, 2.75) is 45.4 Å². The van der Waals surface area contributed by atoms with Gasteiger partial charge in [-0.1, -0.05) is 56.0 Å². The minimum atomic E-state index is 0.282. The maximum atomic E-state index is 6.29. The zero-order chi connectivity index (χ0) is 13.0. The molecule has 0 amide bonds. The number of rotatable bonds is 4. The third-order valence-electron chi connectivity index (χ3n) is 4.57. The molecular formula is C16H24ClN. The van der Waals surface area contributed by atoms with E-state index < -0.39 is 0 Å². The topological polar surface area (TPSA) is 26.0 Å². The summed E-state index contributed by atoms with van der Waals surface area (Å²) >= 11 is 6.29. The summed E-state index contributed by atoms with van der Waals surface area (Å²) in [5.74, 6) is 0.852. The predicted molar refractivity (Wildman–Crippen MR) is 78.9 cm³/mol. The van der Waals surface area contributed by atoms with E-state index in [0.29, 0.717) is 0 Å². The van der Waals surface area contributed by atoms with Crippen molar-refractivity contribution in [2.75, 3.05) is 6.54 Å². The van der Waals surface area contributed by atoms with Gasteiger partial charge in [-0.2, -0.15) is 0 Å². The highest BCUT2D eigenvalue weighted by Gasteiger charge is 2.35. The van der Waals surface area contributed by atoms with Gasteiger partial charge in [0.1, 0.15) is 0 Å². The third kappa shape index (κ3) is 3.07. The Morgan fingerprint density at radius 3 is 2.83 bits per heavy atom. The van der Waals surface area contributed by atoms with Crippen LogP contribution in [0.1, 0.15) is 44.6 Å². The van der Waals surface area contributed by atoms with Crippen LogP contribution in [0, 0.1) is 11.3 Å². The molecule has 0 spiro atoms. The van der Waals surface area contributed by atoms with Crippen molar-refractivity contribution >= 4 is 11.6 Å². The summed E-state index contributed by atoms with van der Waals surface area (Å²) in [6.07, 6.45) is 7.54. The van der Waals surface area contributed by atoms with E-state index in [2.05, 4.69) is 19.1 Å². The molecule has 2 N–H and O–H groups in total. The summed E-state index contributed by atoms with van der Waals surface area (Å²) in [5.41, 5.74) is 7.66. The first-order valence-corrected chi connectivity index (χ1v) is 7.50. The van der Waals surface area contributed by atoms with Gasteiger partial charge in [0.05, 0.1) is 0 Å². The zero-order valence-corrected chi connectivity index (χ0v) is 12.0. The minimum Gasteiger partial charge on any atom is -0.330 e. The Labute approximate surface area is 116 Å². The van der Waals surface area contributed by atoms with Gasteiger partial charge in [-0.15, -0.1) is 0 Å². The molecule has 0 aromatic heterocycles. The maximum Gasteiger partial charge on any atom is 0.0438 e. The van der Waals surface area contributed by atoms with Crippen LogP contribution in [-0.2, 0) is 6.42 Å². The maximum absolute atomic E-state index is 6.29. The molecule has 1 aliphatic rings. The van der Waals surface area contributed by atoms with Crippen LogP contribution in [0.25, 0.3) is 0 Å². The van der Waals surface area contributed by atoms with Crippen LogP contribution in [0.2, 0.25) is 5.02 Å². The fourth-order valence-corrected chi connectivity index (χ4v) is 3.60. The van der Waals surface area contributed by atoms with Gasteiger partial charge in [0, 0.05) is 5.02 Å². The van der Waals surface area contributed by atoms with E-state index in [-0.39, 0.29) is 5.41 Å². The second-order valence-corrected chi connectivity index (χ2v) is 6.25. The molecule has 1 nitrogen and oxygen atoms in total. The Morgan fingerprint density at radius 1 is 1.39 bits per heavy atom. The van der Waals surface area contributed by atoms with E-state index in [1.807, 2.05) is 12.1 Å². The molecule has 0 bridgehead atoms. The molecule has 2 atom stereocenters. The molecule has 0 radical (unpaired) electrons. The lowest BCUT2D eigenvalue weighted by atomic mass is 9.66. The average molecular weight is 266 g/mol. The lowest BCUT2D eigenvalue weighted by Gasteiger charge is -2.40. The summed E-state index contributed by atoms with van der Waals surface area (Å²) < 4.78 is 0. The van der Waals surface area contributed by atoms with Gasteiger partial charge in [-0.3, -0.25) is 0 Å². The van der Waals surface area contributed by atoms with Crippen LogP contribution < -0.4 is 5.73 Å². The van der Waals surface area contributed by atoms with Crippen LogP contribution in [0.3, 0.4) is 0 Å². The molecule has 1 aromatic rings. The Kier molecular flexibility index (Phi) is 4.69. The quantitative estimate of drug-likeness (QED) is 0.856. The Balaban J connectivity index is 2.15. The first-order valence-electron chi connectivity index (χ1n) is 7.12. The number of hydrogen-bond acceptors (Lipinski definition) is 1. The minimum absolute atomic E-state index is 0.282. The molecule has 2 rings (SSSR count). The number of nitrogens with two attached hydrogens (primary N) is 1. The van der Waals surface area contributed by atoms with Gasteiger partial charge in [0.2, 0.25) is 0 Å². The smallest absolute Gasteiger partial charge is 0.0438 e. The van der Waals surface area contributed by atoms with Crippen LogP contribution in [0.4, 0.5) is 0 Å². The van der Waals surface area contributed by atoms with Crippen molar-refractivity contribution in [3.8, 4) is 0 Å². The zero-order valence-electron chi connectivity index (χ0n) is 11.3. The number of benzene rings is 1. The van der Waals surface area contributed by atoms with Gasteiger partial charge < -0.3 is 5.73 Å². The van der Waals surface area contributed by atoms with E-state index in [4.69, 9.17) is 17.3 Å². The number of halogens is 1. The SMILES string of the molecule is CCC1CCCC(CN)(Cc2ccccc2Cl)C1. The van der Waals surface area contributed by atoms with Crippen LogP contribution >= 0.6 is 11.6 Å². The highest BCUT2D eigenvalue weighted by atomic mass is 35.5. The monoisotopic (exact) mass is 265 g/mol. The number of hydrogen-bond donors (Lipinski definition) is 1. The molecule has 1 saturated carbocycles. The van der Waals surface area contributed by atoms with E-state index in [1.165, 1.54) is 37.7 Å². The molecule has 18 heavy (non-hydrogen) atoms. The normalized spacial score (nSPS) is 28.3. The molecule has 1 fully saturated rings. The Bertz CT molecular complexity index is 390. The highest BCUT2D eigenvalue weighted by Crippen LogP contribution is 2.43. The summed E-state index contributed by atoms with van der Waals surface area (Å²) in [6, 6.07) is 8.21. The summed E-state index contributed by atoms with van der Waals surface area (Å²) in [4.78, 5) is 0. The molecule has 0 aliphatic heterocycles. The Morgan fingerprint density at radius 2 is 2.17 bits per heavy atom. The van der Waals surface area contributed by atoms with E-state index in [9.17, 15) is 0 Å². The van der Waals surface area contributed by atoms with Crippen molar-refractivity contribution < 1.29 is 0 Å². The summed E-state index contributed by atoms with van der Waals surface area (Å²) in [5, 5.41) is 0.893. The van der Waals surface area contributed by atoms with Gasteiger partial charge in [0.25, 0.3) is 0 Å². The van der Waals surface area contributed by atoms with Crippen LogP contribution in [-0.4, -0.2) is 6.54 Å². The third-order valence-corrected chi connectivity index (χ3v) is 4.94. The fourth-order valence-electron chi connectivity index (χ4n) is 3.39. The molecule has 100 valence electrons. The van der Waals surface area contributed by atoms with Crippen molar-refractivity contribution in [3.63, 3.8) is 0 Å². The van der Waals surface area contributed by atoms with Gasteiger partial charge in [-0.05, 0) is 48.8 Å². The fraction of sp³-hybridized carbons (Fsp3) is 0.625. The summed E-state index contributed by atoms with van der Waals surface area (Å²) in [7, 11) is 0. The lowest BCUT2D eigenvalue weighted by molar-refractivity contribution is 0.142. The van der Waals surface area contributed by atoms with Gasteiger partial charge in [0.15, 0.2) is 0 Å². The van der Waals surface area contributed by atoms with Crippen molar-refractivity contribution in [2.24, 2.45) is 17.1 Å². The molecule has 2 heteroatoms. The highest BCUT2D eigenvalue weighted by molar-refractivity contribution is 6.31. The van der Waals surface area contributed by atoms with Crippen molar-refractivity contribution in [1.29, 1.82) is 0 Å². The van der Waals surface area contributed by atoms with Gasteiger partial charge in [-0.25, -0.2) is 0 Å². The molecular weight excluding hydrogens is 242 g/mol. The van der Waals surface area contributed by atoms with Gasteiger partial charge >= 0.3 is 0 Å². The second-order valence-electron chi connectivity index (χ2n) is 5.84. The molecule has 0 heterocycles. The van der Waals surface area contributed by atoms with Crippen LogP contribution in [0.15, 0.2) is 24.3 Å². The second kappa shape index (κ2) is 6.08. The largest absolute Gasteiger partial charge is 0.330 e. The summed E-state index contributed by atoms with van der Waals surface area (Å²) in [6.45, 7) is 3.08. The molecule has 0 saturated heterocycles. The standard InChI is InChI=1S/C16H24ClN/c1-2-13-6-5-9-16(10-13,12-18)11-14-7-3-4-8-15(14)17/h3-4,7-8,13H,2,5-6,9-12,18H2,1H3. The molecule has 1 aromatic carbocycles. The van der Waals surface area contributed by atoms with Crippen molar-refractivity contribution in [3.05, 3.63) is 34.9 Å². The Hall–Kier alpha value is -0.530.